The highest BCUT2D eigenvalue weighted by molar-refractivity contribution is 9.10. The number of hydrogen-bond donors (Lipinski definition) is 1. The predicted octanol–water partition coefficient (Wildman–Crippen LogP) is 3.72. The van der Waals surface area contributed by atoms with Gasteiger partial charge in [0.25, 0.3) is 0 Å². The van der Waals surface area contributed by atoms with Gasteiger partial charge in [0.2, 0.25) is 5.13 Å². The molecule has 0 fully saturated rings. The minimum absolute atomic E-state index is 0.0848. The Bertz CT molecular complexity index is 619. The number of benzene rings is 1. The number of nitrogens with one attached hydrogen (secondary N) is 1. The first-order valence-electron chi connectivity index (χ1n) is 6.63. The van der Waals surface area contributed by atoms with Crippen molar-refractivity contribution in [1.29, 1.82) is 0 Å². The third-order valence-electron chi connectivity index (χ3n) is 2.76. The molecule has 1 atom stereocenters. The van der Waals surface area contributed by atoms with E-state index in [1.807, 2.05) is 31.2 Å². The van der Waals surface area contributed by atoms with E-state index in [0.717, 1.165) is 13.9 Å². The number of carbonyl (C=O) groups is 1. The van der Waals surface area contributed by atoms with E-state index in [1.54, 1.807) is 7.11 Å². The second-order valence-corrected chi connectivity index (χ2v) is 7.91. The van der Waals surface area contributed by atoms with Crippen molar-refractivity contribution in [1.82, 2.24) is 10.2 Å². The Kier molecular flexibility index (Phi) is 6.81. The van der Waals surface area contributed by atoms with Crippen LogP contribution in [0.5, 0.6) is 0 Å². The van der Waals surface area contributed by atoms with Gasteiger partial charge in [0.1, 0.15) is 0 Å². The lowest BCUT2D eigenvalue weighted by Crippen LogP contribution is -2.13. The SMILES string of the molecule is COCCNc1nnc(S[C@@H](C)C(=O)c2ccc(Br)cc2)s1. The van der Waals surface area contributed by atoms with Crippen LogP contribution in [-0.2, 0) is 4.74 Å². The second-order valence-electron chi connectivity index (χ2n) is 4.42. The lowest BCUT2D eigenvalue weighted by Gasteiger charge is -2.07. The maximum Gasteiger partial charge on any atom is 0.206 e. The number of aromatic nitrogens is 2. The molecule has 1 N–H and O–H groups in total. The molecular formula is C14H16BrN3O2S2. The minimum Gasteiger partial charge on any atom is -0.383 e. The number of rotatable bonds is 8. The molecular weight excluding hydrogens is 386 g/mol. The molecule has 0 saturated carbocycles. The van der Waals surface area contributed by atoms with Crippen molar-refractivity contribution in [3.05, 3.63) is 34.3 Å². The van der Waals surface area contributed by atoms with Gasteiger partial charge in [0, 0.05) is 23.7 Å². The summed E-state index contributed by atoms with van der Waals surface area (Å²) in [6.07, 6.45) is 0. The number of methoxy groups -OCH3 is 1. The smallest absolute Gasteiger partial charge is 0.206 e. The first-order valence-corrected chi connectivity index (χ1v) is 9.12. The van der Waals surface area contributed by atoms with Gasteiger partial charge in [-0.05, 0) is 19.1 Å². The average Bonchev–Trinajstić information content (AvgIpc) is 2.95. The van der Waals surface area contributed by atoms with E-state index in [-0.39, 0.29) is 11.0 Å². The van der Waals surface area contributed by atoms with Crippen molar-refractivity contribution in [2.24, 2.45) is 0 Å². The van der Waals surface area contributed by atoms with E-state index in [1.165, 1.54) is 23.1 Å². The van der Waals surface area contributed by atoms with Gasteiger partial charge in [-0.15, -0.1) is 10.2 Å². The van der Waals surface area contributed by atoms with Gasteiger partial charge < -0.3 is 10.1 Å². The zero-order chi connectivity index (χ0) is 15.9. The van der Waals surface area contributed by atoms with Crippen LogP contribution in [0.15, 0.2) is 33.1 Å². The number of thioether (sulfide) groups is 1. The molecule has 0 radical (unpaired) electrons. The number of halogens is 1. The highest BCUT2D eigenvalue weighted by Crippen LogP contribution is 2.30. The van der Waals surface area contributed by atoms with Gasteiger partial charge >= 0.3 is 0 Å². The highest BCUT2D eigenvalue weighted by atomic mass is 79.9. The standard InChI is InChI=1S/C14H16BrN3O2S2/c1-9(12(19)10-3-5-11(15)6-4-10)21-14-18-17-13(22-14)16-7-8-20-2/h3-6,9H,7-8H2,1-2H3,(H,16,17)/t9-/m0/s1. The van der Waals surface area contributed by atoms with Crippen molar-refractivity contribution in [2.75, 3.05) is 25.6 Å². The zero-order valence-electron chi connectivity index (χ0n) is 12.2. The summed E-state index contributed by atoms with van der Waals surface area (Å²) in [5, 5.41) is 11.8. The van der Waals surface area contributed by atoms with Gasteiger partial charge in [-0.1, -0.05) is 51.2 Å². The minimum atomic E-state index is -0.207. The van der Waals surface area contributed by atoms with Gasteiger partial charge in [0.05, 0.1) is 11.9 Å². The summed E-state index contributed by atoms with van der Waals surface area (Å²) in [5.74, 6) is 0.0848. The van der Waals surface area contributed by atoms with Gasteiger partial charge in [-0.3, -0.25) is 4.79 Å². The molecule has 1 aromatic heterocycles. The highest BCUT2D eigenvalue weighted by Gasteiger charge is 2.18. The monoisotopic (exact) mass is 401 g/mol. The number of Topliss-reactive ketones (excluding diaryl/α,β-unsaturated/α-hetero) is 1. The molecule has 0 saturated heterocycles. The van der Waals surface area contributed by atoms with Crippen LogP contribution < -0.4 is 5.32 Å². The molecule has 8 heteroatoms. The summed E-state index contributed by atoms with van der Waals surface area (Å²) in [6.45, 7) is 3.18. The van der Waals surface area contributed by atoms with Gasteiger partial charge in [-0.25, -0.2) is 0 Å². The fourth-order valence-corrected chi connectivity index (χ4v) is 3.91. The van der Waals surface area contributed by atoms with E-state index >= 15 is 0 Å². The Morgan fingerprint density at radius 1 is 1.41 bits per heavy atom. The number of ether oxygens (including phenoxy) is 1. The molecule has 22 heavy (non-hydrogen) atoms. The molecule has 0 aliphatic heterocycles. The Hall–Kier alpha value is -0.960. The maximum atomic E-state index is 12.4. The molecule has 118 valence electrons. The number of carbonyl (C=O) groups excluding carboxylic acids is 1. The Morgan fingerprint density at radius 2 is 2.14 bits per heavy atom. The van der Waals surface area contributed by atoms with Crippen LogP contribution in [-0.4, -0.2) is 41.5 Å². The fraction of sp³-hybridized carbons (Fsp3) is 0.357. The topological polar surface area (TPSA) is 64.1 Å². The Balaban J connectivity index is 1.92. The van der Waals surface area contributed by atoms with Crippen LogP contribution in [0.3, 0.4) is 0 Å². The summed E-state index contributed by atoms with van der Waals surface area (Å²) in [4.78, 5) is 12.4. The van der Waals surface area contributed by atoms with Crippen molar-refractivity contribution in [3.63, 3.8) is 0 Å². The molecule has 1 heterocycles. The van der Waals surface area contributed by atoms with Crippen LogP contribution in [0, 0.1) is 0 Å². The van der Waals surface area contributed by atoms with Crippen LogP contribution in [0.2, 0.25) is 0 Å². The summed E-state index contributed by atoms with van der Waals surface area (Å²) in [6, 6.07) is 7.38. The van der Waals surface area contributed by atoms with Crippen molar-refractivity contribution < 1.29 is 9.53 Å². The van der Waals surface area contributed by atoms with Crippen molar-refractivity contribution in [3.8, 4) is 0 Å². The summed E-state index contributed by atoms with van der Waals surface area (Å²) < 4.78 is 6.70. The second kappa shape index (κ2) is 8.61. The molecule has 1 aromatic carbocycles. The van der Waals surface area contributed by atoms with E-state index in [0.29, 0.717) is 18.7 Å². The van der Waals surface area contributed by atoms with E-state index in [9.17, 15) is 4.79 Å². The Morgan fingerprint density at radius 3 is 2.82 bits per heavy atom. The molecule has 0 aliphatic carbocycles. The normalized spacial score (nSPS) is 12.1. The van der Waals surface area contributed by atoms with Gasteiger partial charge in [0.15, 0.2) is 10.1 Å². The third kappa shape index (κ3) is 5.05. The molecule has 0 unspecified atom stereocenters. The molecule has 2 aromatic rings. The molecule has 2 rings (SSSR count). The van der Waals surface area contributed by atoms with Crippen LogP contribution >= 0.6 is 39.0 Å². The number of hydrogen-bond acceptors (Lipinski definition) is 7. The summed E-state index contributed by atoms with van der Waals surface area (Å²) >= 11 is 6.23. The molecule has 0 amide bonds. The number of ketones is 1. The Labute approximate surface area is 146 Å². The zero-order valence-corrected chi connectivity index (χ0v) is 15.4. The third-order valence-corrected chi connectivity index (χ3v) is 5.36. The number of nitrogens with zero attached hydrogens (tertiary/aromatic N) is 2. The number of anilines is 1. The average molecular weight is 402 g/mol. The van der Waals surface area contributed by atoms with E-state index in [2.05, 4.69) is 31.4 Å². The molecule has 5 nitrogen and oxygen atoms in total. The summed E-state index contributed by atoms with van der Waals surface area (Å²) in [5.41, 5.74) is 0.700. The van der Waals surface area contributed by atoms with Crippen LogP contribution in [0.4, 0.5) is 5.13 Å². The largest absolute Gasteiger partial charge is 0.383 e. The quantitative estimate of drug-likeness (QED) is 0.413. The van der Waals surface area contributed by atoms with Crippen molar-refractivity contribution >= 4 is 49.9 Å². The summed E-state index contributed by atoms with van der Waals surface area (Å²) in [7, 11) is 1.65. The van der Waals surface area contributed by atoms with E-state index < -0.39 is 0 Å². The maximum absolute atomic E-state index is 12.4. The van der Waals surface area contributed by atoms with Crippen LogP contribution in [0.1, 0.15) is 17.3 Å². The van der Waals surface area contributed by atoms with Crippen molar-refractivity contribution in [2.45, 2.75) is 16.5 Å². The predicted molar refractivity (Wildman–Crippen MR) is 94.1 cm³/mol. The van der Waals surface area contributed by atoms with Gasteiger partial charge in [-0.2, -0.15) is 0 Å². The lowest BCUT2D eigenvalue weighted by atomic mass is 10.1. The molecule has 0 spiro atoms. The lowest BCUT2D eigenvalue weighted by molar-refractivity contribution is 0.0994. The molecule has 0 bridgehead atoms. The first-order chi connectivity index (χ1) is 10.6. The molecule has 0 aliphatic rings. The first kappa shape index (κ1) is 17.4. The van der Waals surface area contributed by atoms with Crippen LogP contribution in [0.25, 0.3) is 0 Å². The fourth-order valence-electron chi connectivity index (χ4n) is 1.64. The van der Waals surface area contributed by atoms with E-state index in [4.69, 9.17) is 4.74 Å².